The molecule has 0 fully saturated rings. The molecule has 0 aliphatic carbocycles. The smallest absolute Gasteiger partial charge is 0.319 e. The molecule has 6 heteroatoms. The molecule has 0 unspecified atom stereocenters. The van der Waals surface area contributed by atoms with Crippen LogP contribution in [0.1, 0.15) is 18.5 Å². The second-order valence-electron chi connectivity index (χ2n) is 5.01. The zero-order valence-corrected chi connectivity index (χ0v) is 13.5. The lowest BCUT2D eigenvalue weighted by Crippen LogP contribution is -2.31. The quantitative estimate of drug-likeness (QED) is 0.656. The highest BCUT2D eigenvalue weighted by molar-refractivity contribution is 9.10. The second kappa shape index (κ2) is 6.19. The standard InChI is InChI=1S/C16H15BrN4O/c1-10(11-5-7-12(17)8-6-11)19-16(22)20-14-3-2-4-15-13(14)9-18-21-15/h2-10H,1H3,(H,18,21)(H2,19,20,22)/t10-/m0/s1. The van der Waals surface area contributed by atoms with Crippen molar-refractivity contribution in [2.75, 3.05) is 5.32 Å². The third-order valence-corrected chi connectivity index (χ3v) is 3.98. The minimum absolute atomic E-state index is 0.0864. The highest BCUT2D eigenvalue weighted by Gasteiger charge is 2.11. The Kier molecular flexibility index (Phi) is 4.11. The van der Waals surface area contributed by atoms with E-state index in [9.17, 15) is 4.79 Å². The molecule has 1 atom stereocenters. The van der Waals surface area contributed by atoms with Gasteiger partial charge in [0.2, 0.25) is 0 Å². The van der Waals surface area contributed by atoms with E-state index in [0.717, 1.165) is 26.6 Å². The first kappa shape index (κ1) is 14.6. The van der Waals surface area contributed by atoms with Crippen molar-refractivity contribution in [3.8, 4) is 0 Å². The Morgan fingerprint density at radius 2 is 2.00 bits per heavy atom. The predicted octanol–water partition coefficient (Wildman–Crippen LogP) is 4.21. The molecule has 0 saturated heterocycles. The zero-order chi connectivity index (χ0) is 15.5. The number of carbonyl (C=O) groups is 1. The van der Waals surface area contributed by atoms with Crippen LogP contribution in [0.15, 0.2) is 53.1 Å². The minimum atomic E-state index is -0.246. The molecule has 3 rings (SSSR count). The van der Waals surface area contributed by atoms with E-state index in [4.69, 9.17) is 0 Å². The molecule has 1 aromatic heterocycles. The summed E-state index contributed by atoms with van der Waals surface area (Å²) >= 11 is 3.40. The Labute approximate surface area is 136 Å². The van der Waals surface area contributed by atoms with E-state index in [0.29, 0.717) is 0 Å². The molecule has 0 bridgehead atoms. The first-order chi connectivity index (χ1) is 10.6. The summed E-state index contributed by atoms with van der Waals surface area (Å²) in [5.41, 5.74) is 2.66. The molecule has 2 amide bonds. The summed E-state index contributed by atoms with van der Waals surface area (Å²) in [6.45, 7) is 1.95. The molecule has 22 heavy (non-hydrogen) atoms. The number of fused-ring (bicyclic) bond motifs is 1. The number of halogens is 1. The molecule has 0 radical (unpaired) electrons. The molecule has 1 heterocycles. The fraction of sp³-hybridized carbons (Fsp3) is 0.125. The zero-order valence-electron chi connectivity index (χ0n) is 11.9. The average Bonchev–Trinajstić information content (AvgIpc) is 2.97. The van der Waals surface area contributed by atoms with Gasteiger partial charge in [0.05, 0.1) is 23.4 Å². The monoisotopic (exact) mass is 358 g/mol. The van der Waals surface area contributed by atoms with Gasteiger partial charge >= 0.3 is 6.03 Å². The van der Waals surface area contributed by atoms with Gasteiger partial charge in [-0.25, -0.2) is 4.79 Å². The van der Waals surface area contributed by atoms with Crippen molar-refractivity contribution < 1.29 is 4.79 Å². The van der Waals surface area contributed by atoms with Crippen molar-refractivity contribution in [1.82, 2.24) is 15.5 Å². The number of amides is 2. The average molecular weight is 359 g/mol. The van der Waals surface area contributed by atoms with Gasteiger partial charge < -0.3 is 10.6 Å². The number of H-pyrrole nitrogens is 1. The first-order valence-electron chi connectivity index (χ1n) is 6.88. The molecule has 3 aromatic rings. The maximum atomic E-state index is 12.2. The molecular formula is C16H15BrN4O. The molecule has 0 aliphatic heterocycles. The van der Waals surface area contributed by atoms with Crippen LogP contribution in [0, 0.1) is 0 Å². The number of benzene rings is 2. The van der Waals surface area contributed by atoms with Gasteiger partial charge in [-0.15, -0.1) is 0 Å². The van der Waals surface area contributed by atoms with Crippen molar-refractivity contribution in [1.29, 1.82) is 0 Å². The summed E-state index contributed by atoms with van der Waals surface area (Å²) in [6.07, 6.45) is 1.70. The number of aromatic amines is 1. The summed E-state index contributed by atoms with van der Waals surface area (Å²) in [5.74, 6) is 0. The maximum Gasteiger partial charge on any atom is 0.319 e. The summed E-state index contributed by atoms with van der Waals surface area (Å²) < 4.78 is 1.01. The lowest BCUT2D eigenvalue weighted by Gasteiger charge is -2.15. The fourth-order valence-electron chi connectivity index (χ4n) is 2.27. The van der Waals surface area contributed by atoms with Crippen LogP contribution in [0.4, 0.5) is 10.5 Å². The molecule has 5 nitrogen and oxygen atoms in total. The Hall–Kier alpha value is -2.34. The predicted molar refractivity (Wildman–Crippen MR) is 90.8 cm³/mol. The van der Waals surface area contributed by atoms with Crippen molar-refractivity contribution in [2.45, 2.75) is 13.0 Å². The maximum absolute atomic E-state index is 12.2. The Balaban J connectivity index is 1.69. The summed E-state index contributed by atoms with van der Waals surface area (Å²) in [5, 5.41) is 13.5. The third kappa shape index (κ3) is 3.12. The number of nitrogens with zero attached hydrogens (tertiary/aromatic N) is 1. The topological polar surface area (TPSA) is 69.8 Å². The summed E-state index contributed by atoms with van der Waals surface area (Å²) in [4.78, 5) is 12.2. The number of urea groups is 1. The van der Waals surface area contributed by atoms with Gasteiger partial charge in [0.1, 0.15) is 0 Å². The Morgan fingerprint density at radius 1 is 1.23 bits per heavy atom. The van der Waals surface area contributed by atoms with Crippen LogP contribution in [0.3, 0.4) is 0 Å². The highest BCUT2D eigenvalue weighted by Crippen LogP contribution is 2.21. The van der Waals surface area contributed by atoms with Crippen LogP contribution in [-0.2, 0) is 0 Å². The van der Waals surface area contributed by atoms with Crippen LogP contribution in [0.25, 0.3) is 10.9 Å². The molecule has 112 valence electrons. The molecule has 0 spiro atoms. The largest absolute Gasteiger partial charge is 0.331 e. The molecule has 3 N–H and O–H groups in total. The number of hydrogen-bond acceptors (Lipinski definition) is 2. The van der Waals surface area contributed by atoms with E-state index in [1.807, 2.05) is 49.4 Å². The number of anilines is 1. The van der Waals surface area contributed by atoms with Gasteiger partial charge in [0.15, 0.2) is 0 Å². The van der Waals surface area contributed by atoms with Crippen molar-refractivity contribution >= 4 is 38.6 Å². The van der Waals surface area contributed by atoms with E-state index >= 15 is 0 Å². The molecule has 2 aromatic carbocycles. The summed E-state index contributed by atoms with van der Waals surface area (Å²) in [6, 6.07) is 13.2. The van der Waals surface area contributed by atoms with E-state index < -0.39 is 0 Å². The Morgan fingerprint density at radius 3 is 2.77 bits per heavy atom. The van der Waals surface area contributed by atoms with Gasteiger partial charge in [-0.2, -0.15) is 5.10 Å². The number of nitrogens with one attached hydrogen (secondary N) is 3. The first-order valence-corrected chi connectivity index (χ1v) is 7.68. The Bertz CT molecular complexity index is 797. The van der Waals surface area contributed by atoms with Crippen LogP contribution >= 0.6 is 15.9 Å². The van der Waals surface area contributed by atoms with Crippen LogP contribution in [-0.4, -0.2) is 16.2 Å². The van der Waals surface area contributed by atoms with Gasteiger partial charge in [0.25, 0.3) is 0 Å². The lowest BCUT2D eigenvalue weighted by molar-refractivity contribution is 0.249. The number of hydrogen-bond donors (Lipinski definition) is 3. The van der Waals surface area contributed by atoms with Gasteiger partial charge in [-0.1, -0.05) is 34.1 Å². The van der Waals surface area contributed by atoms with Gasteiger partial charge in [0, 0.05) is 9.86 Å². The second-order valence-corrected chi connectivity index (χ2v) is 5.92. The molecular weight excluding hydrogens is 344 g/mol. The number of aromatic nitrogens is 2. The van der Waals surface area contributed by atoms with E-state index in [1.165, 1.54) is 0 Å². The van der Waals surface area contributed by atoms with Crippen molar-refractivity contribution in [3.63, 3.8) is 0 Å². The van der Waals surface area contributed by atoms with Crippen molar-refractivity contribution in [2.24, 2.45) is 0 Å². The SMILES string of the molecule is C[C@H](NC(=O)Nc1cccc2[nH]ncc12)c1ccc(Br)cc1. The fourth-order valence-corrected chi connectivity index (χ4v) is 2.53. The van der Waals surface area contributed by atoms with Gasteiger partial charge in [-0.3, -0.25) is 5.10 Å². The van der Waals surface area contributed by atoms with Crippen LogP contribution in [0.2, 0.25) is 0 Å². The van der Waals surface area contributed by atoms with Gasteiger partial charge in [-0.05, 0) is 36.8 Å². The van der Waals surface area contributed by atoms with Crippen molar-refractivity contribution in [3.05, 3.63) is 58.7 Å². The number of rotatable bonds is 3. The highest BCUT2D eigenvalue weighted by atomic mass is 79.9. The lowest BCUT2D eigenvalue weighted by atomic mass is 10.1. The molecule has 0 aliphatic rings. The van der Waals surface area contributed by atoms with Crippen LogP contribution in [0.5, 0.6) is 0 Å². The third-order valence-electron chi connectivity index (χ3n) is 3.45. The van der Waals surface area contributed by atoms with Crippen LogP contribution < -0.4 is 10.6 Å². The molecule has 0 saturated carbocycles. The normalized spacial score (nSPS) is 12.1. The van der Waals surface area contributed by atoms with E-state index in [2.05, 4.69) is 36.8 Å². The minimum Gasteiger partial charge on any atom is -0.331 e. The summed E-state index contributed by atoms with van der Waals surface area (Å²) in [7, 11) is 0. The number of carbonyl (C=O) groups excluding carboxylic acids is 1. The van der Waals surface area contributed by atoms with E-state index in [-0.39, 0.29) is 12.1 Å². The van der Waals surface area contributed by atoms with E-state index in [1.54, 1.807) is 6.20 Å².